The van der Waals surface area contributed by atoms with Gasteiger partial charge in [0.1, 0.15) is 0 Å². The number of halogens is 2. The molecular formula is C14H23F2NO2. The van der Waals surface area contributed by atoms with Crippen LogP contribution in [0.4, 0.5) is 8.78 Å². The molecule has 0 N–H and O–H groups in total. The van der Waals surface area contributed by atoms with Crippen LogP contribution in [0.25, 0.3) is 0 Å². The molecule has 1 rings (SSSR count). The quantitative estimate of drug-likeness (QED) is 0.406. The Labute approximate surface area is 113 Å². The summed E-state index contributed by atoms with van der Waals surface area (Å²) in [5.41, 5.74) is 0. The normalized spacial score (nSPS) is 19.7. The maximum atomic E-state index is 12.9. The summed E-state index contributed by atoms with van der Waals surface area (Å²) >= 11 is 0. The second-order valence-electron chi connectivity index (χ2n) is 4.91. The molecule has 0 unspecified atom stereocenters. The second-order valence-corrected chi connectivity index (χ2v) is 4.91. The SMILES string of the molecule is CCCCOC(=O)C=CCCN1CCC(F)(F)CC1. The lowest BCUT2D eigenvalue weighted by Gasteiger charge is -2.31. The minimum atomic E-state index is -2.49. The fourth-order valence-electron chi connectivity index (χ4n) is 1.91. The molecule has 5 heteroatoms. The van der Waals surface area contributed by atoms with Crippen LogP contribution in [-0.4, -0.2) is 43.0 Å². The molecule has 110 valence electrons. The lowest BCUT2D eigenvalue weighted by atomic mass is 10.1. The van der Waals surface area contributed by atoms with Gasteiger partial charge < -0.3 is 9.64 Å². The highest BCUT2D eigenvalue weighted by molar-refractivity contribution is 5.81. The first-order valence-corrected chi connectivity index (χ1v) is 6.97. The van der Waals surface area contributed by atoms with Crippen molar-refractivity contribution < 1.29 is 18.3 Å². The van der Waals surface area contributed by atoms with Crippen LogP contribution < -0.4 is 0 Å². The van der Waals surface area contributed by atoms with E-state index < -0.39 is 5.92 Å². The maximum Gasteiger partial charge on any atom is 0.330 e. The third-order valence-electron chi connectivity index (χ3n) is 3.20. The summed E-state index contributed by atoms with van der Waals surface area (Å²) in [7, 11) is 0. The average Bonchev–Trinajstić information content (AvgIpc) is 2.36. The van der Waals surface area contributed by atoms with Crippen molar-refractivity contribution >= 4 is 5.97 Å². The summed E-state index contributed by atoms with van der Waals surface area (Å²) in [6, 6.07) is 0. The van der Waals surface area contributed by atoms with E-state index in [1.807, 2.05) is 11.8 Å². The summed E-state index contributed by atoms with van der Waals surface area (Å²) in [6.07, 6.45) is 5.62. The van der Waals surface area contributed by atoms with E-state index in [0.29, 0.717) is 26.1 Å². The number of likely N-dealkylation sites (tertiary alicyclic amines) is 1. The van der Waals surface area contributed by atoms with E-state index >= 15 is 0 Å². The van der Waals surface area contributed by atoms with Crippen LogP contribution in [0.15, 0.2) is 12.2 Å². The Bertz CT molecular complexity index is 296. The number of carbonyl (C=O) groups excluding carboxylic acids is 1. The molecule has 1 saturated heterocycles. The number of carbonyl (C=O) groups is 1. The average molecular weight is 275 g/mol. The van der Waals surface area contributed by atoms with E-state index in [2.05, 4.69) is 0 Å². The smallest absolute Gasteiger partial charge is 0.330 e. The lowest BCUT2D eigenvalue weighted by Crippen LogP contribution is -2.39. The summed E-state index contributed by atoms with van der Waals surface area (Å²) < 4.78 is 30.8. The fraction of sp³-hybridized carbons (Fsp3) is 0.786. The summed E-state index contributed by atoms with van der Waals surface area (Å²) in [4.78, 5) is 13.2. The number of piperidine rings is 1. The number of alkyl halides is 2. The maximum absolute atomic E-state index is 12.9. The summed E-state index contributed by atoms with van der Waals surface area (Å²) in [6.45, 7) is 4.07. The first-order chi connectivity index (χ1) is 9.03. The van der Waals surface area contributed by atoms with Crippen LogP contribution in [-0.2, 0) is 9.53 Å². The predicted octanol–water partition coefficient (Wildman–Crippen LogP) is 3.01. The van der Waals surface area contributed by atoms with Gasteiger partial charge in [0.15, 0.2) is 0 Å². The van der Waals surface area contributed by atoms with E-state index in [-0.39, 0.29) is 18.8 Å². The molecule has 0 aliphatic carbocycles. The monoisotopic (exact) mass is 275 g/mol. The number of ether oxygens (including phenoxy) is 1. The molecule has 0 saturated carbocycles. The molecule has 19 heavy (non-hydrogen) atoms. The molecule has 0 aromatic rings. The lowest BCUT2D eigenvalue weighted by molar-refractivity contribution is -0.137. The van der Waals surface area contributed by atoms with Gasteiger partial charge in [0.2, 0.25) is 0 Å². The molecule has 0 atom stereocenters. The third kappa shape index (κ3) is 7.25. The van der Waals surface area contributed by atoms with E-state index in [9.17, 15) is 13.6 Å². The number of nitrogens with zero attached hydrogens (tertiary/aromatic N) is 1. The van der Waals surface area contributed by atoms with Crippen molar-refractivity contribution in [3.05, 3.63) is 12.2 Å². The molecule has 3 nitrogen and oxygen atoms in total. The Kier molecular flexibility index (Phi) is 6.99. The van der Waals surface area contributed by atoms with Gasteiger partial charge in [0, 0.05) is 38.6 Å². The zero-order valence-corrected chi connectivity index (χ0v) is 11.5. The van der Waals surface area contributed by atoms with Crippen molar-refractivity contribution in [3.63, 3.8) is 0 Å². The predicted molar refractivity (Wildman–Crippen MR) is 70.2 cm³/mol. The molecule has 0 aromatic heterocycles. The molecule has 0 radical (unpaired) electrons. The molecule has 0 aromatic carbocycles. The van der Waals surface area contributed by atoms with Crippen molar-refractivity contribution in [1.82, 2.24) is 4.90 Å². The zero-order chi connectivity index (χ0) is 14.1. The van der Waals surface area contributed by atoms with Crippen LogP contribution in [0.1, 0.15) is 39.0 Å². The molecule has 0 spiro atoms. The van der Waals surface area contributed by atoms with Crippen LogP contribution in [0.3, 0.4) is 0 Å². The Hall–Kier alpha value is -0.970. The van der Waals surface area contributed by atoms with Crippen molar-refractivity contribution in [2.24, 2.45) is 0 Å². The second kappa shape index (κ2) is 8.25. The van der Waals surface area contributed by atoms with Crippen molar-refractivity contribution in [3.8, 4) is 0 Å². The first kappa shape index (κ1) is 16.1. The summed E-state index contributed by atoms with van der Waals surface area (Å²) in [5.74, 6) is -2.81. The number of hydrogen-bond acceptors (Lipinski definition) is 3. The molecule has 1 aliphatic heterocycles. The number of rotatable bonds is 7. The van der Waals surface area contributed by atoms with Crippen LogP contribution in [0.5, 0.6) is 0 Å². The minimum Gasteiger partial charge on any atom is -0.463 e. The van der Waals surface area contributed by atoms with Gasteiger partial charge in [-0.15, -0.1) is 0 Å². The van der Waals surface area contributed by atoms with Gasteiger partial charge in [-0.3, -0.25) is 0 Å². The molecule has 0 amide bonds. The Morgan fingerprint density at radius 2 is 2.05 bits per heavy atom. The van der Waals surface area contributed by atoms with E-state index in [0.717, 1.165) is 19.4 Å². The summed E-state index contributed by atoms with van der Waals surface area (Å²) in [5, 5.41) is 0. The Morgan fingerprint density at radius 3 is 2.68 bits per heavy atom. The molecule has 1 fully saturated rings. The van der Waals surface area contributed by atoms with Gasteiger partial charge >= 0.3 is 5.97 Å². The number of unbranched alkanes of at least 4 members (excludes halogenated alkanes) is 1. The molecule has 1 aliphatic rings. The number of esters is 1. The third-order valence-corrected chi connectivity index (χ3v) is 3.20. The molecular weight excluding hydrogens is 252 g/mol. The number of hydrogen-bond donors (Lipinski definition) is 0. The Balaban J connectivity index is 2.08. The van der Waals surface area contributed by atoms with Crippen molar-refractivity contribution in [2.75, 3.05) is 26.2 Å². The highest BCUT2D eigenvalue weighted by Crippen LogP contribution is 2.27. The zero-order valence-electron chi connectivity index (χ0n) is 11.5. The van der Waals surface area contributed by atoms with Crippen LogP contribution >= 0.6 is 0 Å². The van der Waals surface area contributed by atoms with Crippen LogP contribution in [0.2, 0.25) is 0 Å². The topological polar surface area (TPSA) is 29.5 Å². The van der Waals surface area contributed by atoms with Gasteiger partial charge in [-0.2, -0.15) is 0 Å². The van der Waals surface area contributed by atoms with E-state index in [4.69, 9.17) is 4.74 Å². The Morgan fingerprint density at radius 1 is 1.37 bits per heavy atom. The van der Waals surface area contributed by atoms with Crippen molar-refractivity contribution in [2.45, 2.75) is 45.0 Å². The standard InChI is InChI=1S/C14H23F2NO2/c1-2-3-12-19-13(18)6-4-5-9-17-10-7-14(15,16)8-11-17/h4,6H,2-3,5,7-12H2,1H3. The van der Waals surface area contributed by atoms with E-state index in [1.54, 1.807) is 6.08 Å². The van der Waals surface area contributed by atoms with Crippen LogP contribution in [0, 0.1) is 0 Å². The first-order valence-electron chi connectivity index (χ1n) is 6.97. The molecule has 0 bridgehead atoms. The van der Waals surface area contributed by atoms with Crippen molar-refractivity contribution in [1.29, 1.82) is 0 Å². The van der Waals surface area contributed by atoms with E-state index in [1.165, 1.54) is 6.08 Å². The fourth-order valence-corrected chi connectivity index (χ4v) is 1.91. The van der Waals surface area contributed by atoms with Gasteiger partial charge in [-0.05, 0) is 12.8 Å². The van der Waals surface area contributed by atoms with Gasteiger partial charge in [-0.1, -0.05) is 19.4 Å². The van der Waals surface area contributed by atoms with Gasteiger partial charge in [-0.25, -0.2) is 13.6 Å². The highest BCUT2D eigenvalue weighted by Gasteiger charge is 2.33. The molecule has 1 heterocycles. The largest absolute Gasteiger partial charge is 0.463 e. The van der Waals surface area contributed by atoms with Gasteiger partial charge in [0.05, 0.1) is 6.61 Å². The van der Waals surface area contributed by atoms with Gasteiger partial charge in [0.25, 0.3) is 5.92 Å². The highest BCUT2D eigenvalue weighted by atomic mass is 19.3. The minimum absolute atomic E-state index is 0.0597.